The molecular weight excluding hydrogens is 252 g/mol. The van der Waals surface area contributed by atoms with E-state index >= 15 is 0 Å². The molecular formula is C13H16O6. The average molecular weight is 268 g/mol. The summed E-state index contributed by atoms with van der Waals surface area (Å²) in [6, 6.07) is 0. The van der Waals surface area contributed by atoms with Gasteiger partial charge in [-0.15, -0.1) is 0 Å². The fourth-order valence-corrected chi connectivity index (χ4v) is 0.821. The second-order valence-electron chi connectivity index (χ2n) is 3.02. The van der Waals surface area contributed by atoms with E-state index in [0.29, 0.717) is 6.08 Å². The van der Waals surface area contributed by atoms with Gasteiger partial charge in [0.25, 0.3) is 5.95 Å². The van der Waals surface area contributed by atoms with Gasteiger partial charge in [0.05, 0.1) is 0 Å². The first kappa shape index (κ1) is 16.5. The van der Waals surface area contributed by atoms with Crippen LogP contribution in [0.1, 0.15) is 0 Å². The fraction of sp³-hybridized carbons (Fsp3) is 0.231. The highest BCUT2D eigenvalue weighted by Crippen LogP contribution is 2.00. The first-order valence-corrected chi connectivity index (χ1v) is 5.35. The fourth-order valence-electron chi connectivity index (χ4n) is 0.821. The number of ether oxygens (including phenoxy) is 3. The Morgan fingerprint density at radius 3 is 2.00 bits per heavy atom. The Balaban J connectivity index is 4.20. The molecule has 0 amide bonds. The van der Waals surface area contributed by atoms with Gasteiger partial charge in [-0.25, -0.2) is 9.59 Å². The Morgan fingerprint density at radius 2 is 1.53 bits per heavy atom. The molecule has 0 aliphatic heterocycles. The number of carbonyl (C=O) groups is 2. The maximum Gasteiger partial charge on any atom is 0.331 e. The van der Waals surface area contributed by atoms with Crippen LogP contribution in [0.25, 0.3) is 0 Å². The maximum absolute atomic E-state index is 11.0. The van der Waals surface area contributed by atoms with Gasteiger partial charge in [0.1, 0.15) is 19.8 Å². The summed E-state index contributed by atoms with van der Waals surface area (Å²) in [5.74, 6) is -1.82. The highest BCUT2D eigenvalue weighted by Gasteiger charge is 2.00. The molecule has 0 aromatic heterocycles. The summed E-state index contributed by atoms with van der Waals surface area (Å²) in [4.78, 5) is 21.2. The molecule has 6 heteroatoms. The van der Waals surface area contributed by atoms with Crippen molar-refractivity contribution in [3.63, 3.8) is 0 Å². The predicted octanol–water partition coefficient (Wildman–Crippen LogP) is 1.42. The quantitative estimate of drug-likeness (QED) is 0.279. The van der Waals surface area contributed by atoms with E-state index in [0.717, 1.165) is 6.08 Å². The molecule has 0 atom stereocenters. The van der Waals surface area contributed by atoms with Crippen LogP contribution in [-0.2, 0) is 23.8 Å². The van der Waals surface area contributed by atoms with Crippen LogP contribution in [0.15, 0.2) is 49.5 Å². The third-order valence-electron chi connectivity index (χ3n) is 1.52. The smallest absolute Gasteiger partial charge is 0.331 e. The molecule has 0 aromatic carbocycles. The van der Waals surface area contributed by atoms with Gasteiger partial charge in [-0.05, 0) is 0 Å². The van der Waals surface area contributed by atoms with Crippen LogP contribution in [0, 0.1) is 0 Å². The predicted molar refractivity (Wildman–Crippen MR) is 68.1 cm³/mol. The summed E-state index contributed by atoms with van der Waals surface area (Å²) in [6.45, 7) is 7.36. The van der Waals surface area contributed by atoms with E-state index in [9.17, 15) is 9.59 Å². The van der Waals surface area contributed by atoms with Crippen molar-refractivity contribution < 1.29 is 28.9 Å². The lowest BCUT2D eigenvalue weighted by atomic mass is 10.5. The van der Waals surface area contributed by atoms with Crippen LogP contribution in [0.3, 0.4) is 0 Å². The van der Waals surface area contributed by atoms with Crippen molar-refractivity contribution in [2.45, 2.75) is 0 Å². The number of carbonyl (C=O) groups excluding carboxylic acids is 1. The van der Waals surface area contributed by atoms with Crippen LogP contribution in [-0.4, -0.2) is 36.9 Å². The summed E-state index contributed by atoms with van der Waals surface area (Å²) in [6.07, 6.45) is 5.97. The van der Waals surface area contributed by atoms with Crippen molar-refractivity contribution in [3.8, 4) is 0 Å². The summed E-state index contributed by atoms with van der Waals surface area (Å²) < 4.78 is 15.0. The summed E-state index contributed by atoms with van der Waals surface area (Å²) in [7, 11) is 0. The number of carboxylic acids is 1. The first-order chi connectivity index (χ1) is 9.10. The van der Waals surface area contributed by atoms with Crippen molar-refractivity contribution in [2.75, 3.05) is 19.8 Å². The Labute approximate surface area is 111 Å². The van der Waals surface area contributed by atoms with E-state index in [1.54, 1.807) is 0 Å². The van der Waals surface area contributed by atoms with Gasteiger partial charge < -0.3 is 19.3 Å². The molecule has 0 spiro atoms. The lowest BCUT2D eigenvalue weighted by molar-refractivity contribution is -0.137. The molecule has 0 aliphatic carbocycles. The molecule has 1 N–H and O–H groups in total. The van der Waals surface area contributed by atoms with Crippen LogP contribution < -0.4 is 0 Å². The molecule has 6 nitrogen and oxygen atoms in total. The van der Waals surface area contributed by atoms with E-state index < -0.39 is 11.9 Å². The van der Waals surface area contributed by atoms with Crippen LogP contribution in [0.5, 0.6) is 0 Å². The second-order valence-corrected chi connectivity index (χ2v) is 3.02. The molecule has 0 saturated carbocycles. The van der Waals surface area contributed by atoms with Crippen molar-refractivity contribution >= 4 is 11.9 Å². The molecule has 0 unspecified atom stereocenters. The molecule has 0 saturated heterocycles. The van der Waals surface area contributed by atoms with Gasteiger partial charge in [0, 0.05) is 18.2 Å². The standard InChI is InChI=1S/C13H16O6/c1-3-8-18-13(19-9-4-2)7-10-17-12(16)6-5-11(14)15/h3-7H,1-2,8-10H2,(H,14,15). The highest BCUT2D eigenvalue weighted by atomic mass is 16.7. The van der Waals surface area contributed by atoms with Crippen LogP contribution in [0.2, 0.25) is 0 Å². The van der Waals surface area contributed by atoms with Gasteiger partial charge in [0.2, 0.25) is 0 Å². The Morgan fingerprint density at radius 1 is 0.947 bits per heavy atom. The van der Waals surface area contributed by atoms with Gasteiger partial charge in [-0.1, -0.05) is 25.3 Å². The average Bonchev–Trinajstić information content (AvgIpc) is 2.38. The van der Waals surface area contributed by atoms with Gasteiger partial charge in [0.15, 0.2) is 0 Å². The third kappa shape index (κ3) is 10.4. The topological polar surface area (TPSA) is 82.1 Å². The Kier molecular flexibility index (Phi) is 9.24. The van der Waals surface area contributed by atoms with Crippen molar-refractivity contribution in [3.05, 3.63) is 49.5 Å². The maximum atomic E-state index is 11.0. The zero-order chi connectivity index (χ0) is 14.5. The minimum atomic E-state index is -1.23. The molecule has 19 heavy (non-hydrogen) atoms. The monoisotopic (exact) mass is 268 g/mol. The minimum Gasteiger partial charge on any atom is -0.478 e. The zero-order valence-electron chi connectivity index (χ0n) is 10.4. The summed E-state index contributed by atoms with van der Waals surface area (Å²) in [5.41, 5.74) is 0. The number of carboxylic acid groups (broad SMARTS) is 1. The Hall–Kier alpha value is -2.50. The second kappa shape index (κ2) is 10.6. The van der Waals surface area contributed by atoms with E-state index in [1.807, 2.05) is 0 Å². The van der Waals surface area contributed by atoms with E-state index in [4.69, 9.17) is 19.3 Å². The van der Waals surface area contributed by atoms with E-state index in [2.05, 4.69) is 13.2 Å². The lowest BCUT2D eigenvalue weighted by Crippen LogP contribution is -2.05. The normalized spacial score (nSPS) is 9.47. The van der Waals surface area contributed by atoms with Gasteiger partial charge in [-0.3, -0.25) is 0 Å². The first-order valence-electron chi connectivity index (χ1n) is 5.35. The summed E-state index contributed by atoms with van der Waals surface area (Å²) in [5, 5.41) is 8.30. The Bertz CT molecular complexity index is 367. The molecule has 104 valence electrons. The van der Waals surface area contributed by atoms with Crippen LogP contribution >= 0.6 is 0 Å². The van der Waals surface area contributed by atoms with E-state index in [1.165, 1.54) is 18.2 Å². The highest BCUT2D eigenvalue weighted by molar-refractivity contribution is 5.90. The number of esters is 1. The molecule has 0 fully saturated rings. The molecule has 0 bridgehead atoms. The van der Waals surface area contributed by atoms with Crippen LogP contribution in [0.4, 0.5) is 0 Å². The minimum absolute atomic E-state index is 0.105. The largest absolute Gasteiger partial charge is 0.478 e. The van der Waals surface area contributed by atoms with E-state index in [-0.39, 0.29) is 25.8 Å². The number of rotatable bonds is 10. The zero-order valence-corrected chi connectivity index (χ0v) is 10.4. The van der Waals surface area contributed by atoms with Crippen molar-refractivity contribution in [1.29, 1.82) is 0 Å². The molecule has 0 radical (unpaired) electrons. The number of hydrogen-bond acceptors (Lipinski definition) is 5. The van der Waals surface area contributed by atoms with Crippen molar-refractivity contribution in [1.82, 2.24) is 0 Å². The van der Waals surface area contributed by atoms with Gasteiger partial charge >= 0.3 is 11.9 Å². The van der Waals surface area contributed by atoms with Gasteiger partial charge in [-0.2, -0.15) is 0 Å². The van der Waals surface area contributed by atoms with Crippen molar-refractivity contribution in [2.24, 2.45) is 0 Å². The number of aliphatic carboxylic acids is 1. The molecule has 0 heterocycles. The lowest BCUT2D eigenvalue weighted by Gasteiger charge is -2.08. The summed E-state index contributed by atoms with van der Waals surface area (Å²) >= 11 is 0. The molecule has 0 aliphatic rings. The molecule has 0 aromatic rings. The molecule has 0 rings (SSSR count). The SMILES string of the molecule is C=CCOC(=CCOC(=O)C=CC(=O)O)OCC=C. The third-order valence-corrected chi connectivity index (χ3v) is 1.52. The number of hydrogen-bond donors (Lipinski definition) is 1.